The van der Waals surface area contributed by atoms with Gasteiger partial charge in [-0.15, -0.1) is 0 Å². The van der Waals surface area contributed by atoms with Gasteiger partial charge in [0.2, 0.25) is 0 Å². The zero-order valence-electron chi connectivity index (χ0n) is 80.4. The van der Waals surface area contributed by atoms with Crippen molar-refractivity contribution in [2.45, 2.75) is 0 Å². The highest BCUT2D eigenvalue weighted by Gasteiger charge is 2.28. The highest BCUT2D eigenvalue weighted by Crippen LogP contribution is 2.55. The summed E-state index contributed by atoms with van der Waals surface area (Å²) >= 11 is 0. The van der Waals surface area contributed by atoms with E-state index in [1.165, 1.54) is 274 Å². The molecule has 0 amide bonds. The molecule has 0 aliphatic rings. The van der Waals surface area contributed by atoms with Gasteiger partial charge in [0.05, 0.1) is 0 Å². The Balaban J connectivity index is 0.000000112. The second-order valence-corrected chi connectivity index (χ2v) is 38.0. The van der Waals surface area contributed by atoms with Gasteiger partial charge >= 0.3 is 0 Å². The molecule has 0 unspecified atom stereocenters. The van der Waals surface area contributed by atoms with Gasteiger partial charge in [0.25, 0.3) is 0 Å². The summed E-state index contributed by atoms with van der Waals surface area (Å²) in [5.74, 6) is 0. The molecule has 28 aromatic rings. The summed E-state index contributed by atoms with van der Waals surface area (Å²) in [6.45, 7) is 0. The lowest BCUT2D eigenvalue weighted by Crippen LogP contribution is -1.96. The first-order valence-electron chi connectivity index (χ1n) is 50.6. The van der Waals surface area contributed by atoms with Gasteiger partial charge in [-0.05, 0) is 292 Å². The van der Waals surface area contributed by atoms with Crippen LogP contribution in [0.5, 0.6) is 0 Å². The van der Waals surface area contributed by atoms with Crippen LogP contribution in [0.15, 0.2) is 582 Å². The van der Waals surface area contributed by atoms with E-state index in [-0.39, 0.29) is 0 Å². The monoisotopic (exact) mass is 1850 g/mol. The van der Waals surface area contributed by atoms with Crippen LogP contribution in [0.1, 0.15) is 0 Å². The predicted molar refractivity (Wildman–Crippen MR) is 628 cm³/mol. The second-order valence-electron chi connectivity index (χ2n) is 38.0. The SMILES string of the molecule is c1ccc(-c2c3ccccc3c(-c3ccccc3)c3c(-c4ccc(-c5cccc6ccccc56)cc4)cccc23)cc1.c1ccc(-c2ccccc2-c2cccc3c(-c4cccc5ccccc45)c4ccccc4c(-c4cccc(-c5ccc6ccccc6c5)c4)c23)cc1.c1ccc(-c2ccccc2-c2cccc3c(-c4cccc5ccccc45)c4ccccc4c(-c4ccccc4-c4ccc5ccccc5c4)c23)cc1. The Labute approximate surface area is 850 Å². The van der Waals surface area contributed by atoms with Crippen LogP contribution in [-0.4, -0.2) is 0 Å². The number of hydrogen-bond acceptors (Lipinski definition) is 0. The normalized spacial score (nSPS) is 11.4. The van der Waals surface area contributed by atoms with Crippen molar-refractivity contribution in [1.82, 2.24) is 0 Å². The van der Waals surface area contributed by atoms with Crippen molar-refractivity contribution >= 4 is 118 Å². The van der Waals surface area contributed by atoms with E-state index in [1.807, 2.05) is 0 Å². The van der Waals surface area contributed by atoms with E-state index in [2.05, 4.69) is 582 Å². The molecule has 0 heteroatoms. The fraction of sp³-hybridized carbons (Fsp3) is 0. The molecule has 0 heterocycles. The Kier molecular flexibility index (Phi) is 22.8. The van der Waals surface area contributed by atoms with Crippen LogP contribution >= 0.6 is 0 Å². The summed E-state index contributed by atoms with van der Waals surface area (Å²) in [6.07, 6.45) is 0. The summed E-state index contributed by atoms with van der Waals surface area (Å²) in [5.41, 5.74) is 34.7. The minimum atomic E-state index is 1.21. The highest BCUT2D eigenvalue weighted by molar-refractivity contribution is 6.31. The number of rotatable bonds is 14. The fourth-order valence-electron chi connectivity index (χ4n) is 23.3. The molecule has 28 rings (SSSR count). The van der Waals surface area contributed by atoms with Crippen molar-refractivity contribution in [2.75, 3.05) is 0 Å². The highest BCUT2D eigenvalue weighted by atomic mass is 14.3. The van der Waals surface area contributed by atoms with E-state index in [4.69, 9.17) is 0 Å². The van der Waals surface area contributed by atoms with Crippen LogP contribution in [0.25, 0.3) is 274 Å². The summed E-state index contributed by atoms with van der Waals surface area (Å²) < 4.78 is 0. The molecule has 0 atom stereocenters. The van der Waals surface area contributed by atoms with E-state index < -0.39 is 0 Å². The Bertz CT molecular complexity index is 9890. The minimum Gasteiger partial charge on any atom is -0.0622 e. The molecule has 28 aromatic carbocycles. The second kappa shape index (κ2) is 38.2. The summed E-state index contributed by atoms with van der Waals surface area (Å²) in [5, 5.41) is 27.7. The first-order chi connectivity index (χ1) is 72.5. The van der Waals surface area contributed by atoms with Crippen LogP contribution in [0.2, 0.25) is 0 Å². The van der Waals surface area contributed by atoms with Gasteiger partial charge in [0, 0.05) is 0 Å². The molecule has 0 aliphatic heterocycles. The van der Waals surface area contributed by atoms with Gasteiger partial charge < -0.3 is 0 Å². The predicted octanol–water partition coefficient (Wildman–Crippen LogP) is 41.1. The third-order valence-corrected chi connectivity index (χ3v) is 29.8. The van der Waals surface area contributed by atoms with Gasteiger partial charge in [0.15, 0.2) is 0 Å². The lowest BCUT2D eigenvalue weighted by atomic mass is 9.80. The van der Waals surface area contributed by atoms with Gasteiger partial charge in [0.1, 0.15) is 0 Å². The van der Waals surface area contributed by atoms with Crippen molar-refractivity contribution < 1.29 is 0 Å². The summed E-state index contributed by atoms with van der Waals surface area (Å²) in [7, 11) is 0. The zero-order valence-corrected chi connectivity index (χ0v) is 80.4. The Morgan fingerprint density at radius 3 is 0.781 bits per heavy atom. The van der Waals surface area contributed by atoms with Crippen LogP contribution in [0.3, 0.4) is 0 Å². The zero-order chi connectivity index (χ0) is 96.7. The van der Waals surface area contributed by atoms with E-state index >= 15 is 0 Å². The molecule has 0 bridgehead atoms. The molecule has 0 nitrogen and oxygen atoms in total. The molecule has 0 aliphatic carbocycles. The Morgan fingerprint density at radius 1 is 0.0753 bits per heavy atom. The molecule has 680 valence electrons. The lowest BCUT2D eigenvalue weighted by Gasteiger charge is -2.23. The number of fused-ring (bicyclic) bond motifs is 11. The van der Waals surface area contributed by atoms with Crippen molar-refractivity contribution in [2.24, 2.45) is 0 Å². The molecule has 0 saturated heterocycles. The van der Waals surface area contributed by atoms with E-state index in [9.17, 15) is 0 Å². The van der Waals surface area contributed by atoms with Crippen molar-refractivity contribution in [3.8, 4) is 156 Å². The number of benzene rings is 28. The smallest absolute Gasteiger partial charge is 0.00137 e. The fourth-order valence-corrected chi connectivity index (χ4v) is 23.3. The maximum atomic E-state index is 2.39. The van der Waals surface area contributed by atoms with Gasteiger partial charge in [-0.3, -0.25) is 0 Å². The first kappa shape index (κ1) is 87.3. The van der Waals surface area contributed by atoms with Crippen LogP contribution < -0.4 is 0 Å². The van der Waals surface area contributed by atoms with Gasteiger partial charge in [-0.2, -0.15) is 0 Å². The maximum absolute atomic E-state index is 2.39. The van der Waals surface area contributed by atoms with E-state index in [0.29, 0.717) is 0 Å². The van der Waals surface area contributed by atoms with Crippen LogP contribution in [0.4, 0.5) is 0 Å². The minimum absolute atomic E-state index is 1.21. The molecule has 0 saturated carbocycles. The molecule has 146 heavy (non-hydrogen) atoms. The molecule has 0 radical (unpaired) electrons. The largest absolute Gasteiger partial charge is 0.0622 e. The third-order valence-electron chi connectivity index (χ3n) is 29.8. The topological polar surface area (TPSA) is 0 Å². The first-order valence-corrected chi connectivity index (χ1v) is 50.6. The quantitative estimate of drug-likeness (QED) is 0.0952. The molecular weight excluding hydrogens is 1750 g/mol. The van der Waals surface area contributed by atoms with Crippen LogP contribution in [0, 0.1) is 0 Å². The van der Waals surface area contributed by atoms with E-state index in [0.717, 1.165) is 0 Å². The standard InChI is InChI=1S/2C52H34.C42H28/c1-2-17-36(18-3-1)40-22-8-10-25-43(40)46-30-15-31-49-50(44-29-14-21-37-19-6-7-23-41(37)44)47-27-12-13-28-48(47)51(52(46)49)45-26-11-9-24-42(45)39-33-32-35-16-4-5-20-38(35)34-39;1-2-16-36(17-3-1)42-23-8-9-25-44(42)46-29-14-30-49-51(45-28-13-20-37-18-6-7-24-43(37)45)48-27-11-10-26-47(48)50(52(46)49)41-22-12-21-39(34-41)40-32-31-35-15-4-5-19-38(35)33-40;1-3-14-32(15-4-1)40-37-20-9-10-21-38(37)41(33-16-5-2-6-17-33)42-36(23-12-24-39(40)42)31-27-25-30(26-28-31)35-22-11-18-29-13-7-8-19-34(29)35/h2*1-34H;1-28H. The summed E-state index contributed by atoms with van der Waals surface area (Å²) in [4.78, 5) is 0. The number of hydrogen-bond donors (Lipinski definition) is 0. The molecule has 0 aromatic heterocycles. The summed E-state index contributed by atoms with van der Waals surface area (Å²) in [6, 6.07) is 213. The molecular formula is C146H96. The maximum Gasteiger partial charge on any atom is -0.00137 e. The average molecular weight is 1850 g/mol. The molecule has 0 N–H and O–H groups in total. The third kappa shape index (κ3) is 15.9. The lowest BCUT2D eigenvalue weighted by molar-refractivity contribution is 1.59. The van der Waals surface area contributed by atoms with Gasteiger partial charge in [-0.1, -0.05) is 564 Å². The van der Waals surface area contributed by atoms with Gasteiger partial charge in [-0.25, -0.2) is 0 Å². The van der Waals surface area contributed by atoms with Crippen molar-refractivity contribution in [3.05, 3.63) is 582 Å². The van der Waals surface area contributed by atoms with E-state index in [1.54, 1.807) is 0 Å². The van der Waals surface area contributed by atoms with Crippen molar-refractivity contribution in [1.29, 1.82) is 0 Å². The molecule has 0 fully saturated rings. The Morgan fingerprint density at radius 2 is 0.308 bits per heavy atom. The van der Waals surface area contributed by atoms with Crippen molar-refractivity contribution in [3.63, 3.8) is 0 Å². The van der Waals surface area contributed by atoms with Crippen LogP contribution in [-0.2, 0) is 0 Å². The average Bonchev–Trinajstić information content (AvgIpc) is 0.754. The molecule has 0 spiro atoms. The Hall–Kier alpha value is -19.0.